The van der Waals surface area contributed by atoms with Gasteiger partial charge in [-0.05, 0) is 38.1 Å². The molecule has 0 amide bonds. The van der Waals surface area contributed by atoms with Gasteiger partial charge >= 0.3 is 0 Å². The Kier molecular flexibility index (Phi) is 6.16. The molecule has 0 N–H and O–H groups in total. The molecule has 3 aromatic rings. The summed E-state index contributed by atoms with van der Waals surface area (Å²) in [6.07, 6.45) is 1.21. The van der Waals surface area contributed by atoms with Crippen molar-refractivity contribution in [1.29, 1.82) is 0 Å². The zero-order valence-electron chi connectivity index (χ0n) is 16.3. The number of benzene rings is 2. The van der Waals surface area contributed by atoms with E-state index < -0.39 is 15.4 Å². The lowest BCUT2D eigenvalue weighted by Gasteiger charge is -2.11. The smallest absolute Gasteiger partial charge is 0.292 e. The predicted octanol–water partition coefficient (Wildman–Crippen LogP) is 4.16. The van der Waals surface area contributed by atoms with E-state index in [-0.39, 0.29) is 34.6 Å². The molecule has 160 valence electrons. The van der Waals surface area contributed by atoms with Crippen LogP contribution in [0.4, 0.5) is 11.4 Å². The molecule has 0 unspecified atom stereocenters. The summed E-state index contributed by atoms with van der Waals surface area (Å²) in [5.41, 5.74) is -0.00888. The molecule has 31 heavy (non-hydrogen) atoms. The van der Waals surface area contributed by atoms with E-state index in [1.165, 1.54) is 42.6 Å². The van der Waals surface area contributed by atoms with Crippen molar-refractivity contribution >= 4 is 23.0 Å². The average molecular weight is 447 g/mol. The van der Waals surface area contributed by atoms with Crippen molar-refractivity contribution in [3.05, 3.63) is 89.3 Å². The van der Waals surface area contributed by atoms with Gasteiger partial charge in [0.05, 0.1) is 16.0 Å². The quantitative estimate of drug-likeness (QED) is 0.389. The first-order valence-corrected chi connectivity index (χ1v) is 9.11. The predicted molar refractivity (Wildman–Crippen MR) is 110 cm³/mol. The first-order chi connectivity index (χ1) is 14.7. The van der Waals surface area contributed by atoms with E-state index in [1.807, 2.05) is 0 Å². The van der Waals surface area contributed by atoms with Crippen LogP contribution in [-0.2, 0) is 6.73 Å². The van der Waals surface area contributed by atoms with Gasteiger partial charge in [-0.1, -0.05) is 11.6 Å². The number of ether oxygens (including phenoxy) is 2. The Morgan fingerprint density at radius 1 is 1.00 bits per heavy atom. The summed E-state index contributed by atoms with van der Waals surface area (Å²) in [6, 6.07) is 8.29. The van der Waals surface area contributed by atoms with Gasteiger partial charge in [-0.2, -0.15) is 9.78 Å². The van der Waals surface area contributed by atoms with Gasteiger partial charge in [-0.25, -0.2) is 0 Å². The van der Waals surface area contributed by atoms with Crippen LogP contribution in [-0.4, -0.2) is 19.6 Å². The fraction of sp³-hybridized carbons (Fsp3) is 0.158. The average Bonchev–Trinajstić information content (AvgIpc) is 2.70. The molecule has 1 heterocycles. The summed E-state index contributed by atoms with van der Waals surface area (Å²) in [5.74, 6) is 0.540. The number of hydrogen-bond acceptors (Lipinski definition) is 8. The zero-order chi connectivity index (χ0) is 22.7. The van der Waals surface area contributed by atoms with Crippen LogP contribution < -0.4 is 15.0 Å². The lowest BCUT2D eigenvalue weighted by molar-refractivity contribution is -0.385. The second-order valence-electron chi connectivity index (χ2n) is 6.41. The Hall–Kier alpha value is -3.99. The number of aryl methyl sites for hydroxylation is 2. The highest BCUT2D eigenvalue weighted by Crippen LogP contribution is 2.29. The highest BCUT2D eigenvalue weighted by molar-refractivity contribution is 6.31. The number of hydrogen-bond donors (Lipinski definition) is 0. The second kappa shape index (κ2) is 8.79. The first-order valence-electron chi connectivity index (χ1n) is 8.73. The van der Waals surface area contributed by atoms with Crippen molar-refractivity contribution in [1.82, 2.24) is 9.78 Å². The highest BCUT2D eigenvalue weighted by Gasteiger charge is 2.15. The van der Waals surface area contributed by atoms with Crippen molar-refractivity contribution in [2.24, 2.45) is 0 Å². The van der Waals surface area contributed by atoms with E-state index in [1.54, 1.807) is 13.8 Å². The topological polar surface area (TPSA) is 140 Å². The standard InChI is InChI=1S/C19H15ClN4O7/c1-11-7-13(3-5-15(11)23(26)27)30-10-22-19(25)18(20)17(9-21-22)31-14-4-6-16(24(28)29)12(2)8-14/h3-9H,10H2,1-2H3. The van der Waals surface area contributed by atoms with Crippen LogP contribution in [0.1, 0.15) is 11.1 Å². The monoisotopic (exact) mass is 446 g/mol. The molecule has 0 aliphatic heterocycles. The Balaban J connectivity index is 1.76. The number of halogens is 1. The largest absolute Gasteiger partial charge is 0.471 e. The minimum atomic E-state index is -0.684. The van der Waals surface area contributed by atoms with Gasteiger partial charge in [-0.15, -0.1) is 0 Å². The lowest BCUT2D eigenvalue weighted by Crippen LogP contribution is -2.25. The number of aromatic nitrogens is 2. The normalized spacial score (nSPS) is 10.5. The summed E-state index contributed by atoms with van der Waals surface area (Å²) in [7, 11) is 0. The molecule has 0 saturated carbocycles. The molecule has 11 nitrogen and oxygen atoms in total. The molecule has 0 bridgehead atoms. The van der Waals surface area contributed by atoms with Gasteiger partial charge in [0, 0.05) is 23.3 Å². The maximum atomic E-state index is 12.5. The lowest BCUT2D eigenvalue weighted by atomic mass is 10.2. The van der Waals surface area contributed by atoms with Crippen LogP contribution in [0.25, 0.3) is 0 Å². The fourth-order valence-electron chi connectivity index (χ4n) is 2.69. The van der Waals surface area contributed by atoms with Crippen LogP contribution in [0.3, 0.4) is 0 Å². The van der Waals surface area contributed by atoms with Crippen LogP contribution >= 0.6 is 11.6 Å². The van der Waals surface area contributed by atoms with Crippen molar-refractivity contribution in [3.63, 3.8) is 0 Å². The molecular formula is C19H15ClN4O7. The summed E-state index contributed by atoms with van der Waals surface area (Å²) in [5, 5.41) is 25.5. The molecule has 0 aliphatic carbocycles. The highest BCUT2D eigenvalue weighted by atomic mass is 35.5. The van der Waals surface area contributed by atoms with Gasteiger partial charge in [0.25, 0.3) is 16.9 Å². The van der Waals surface area contributed by atoms with Gasteiger partial charge in [-0.3, -0.25) is 25.0 Å². The third-order valence-corrected chi connectivity index (χ3v) is 4.61. The van der Waals surface area contributed by atoms with Gasteiger partial charge in [0.15, 0.2) is 17.5 Å². The summed E-state index contributed by atoms with van der Waals surface area (Å²) in [6.45, 7) is 2.84. The summed E-state index contributed by atoms with van der Waals surface area (Å²) >= 11 is 6.10. The van der Waals surface area contributed by atoms with E-state index in [4.69, 9.17) is 21.1 Å². The fourth-order valence-corrected chi connectivity index (χ4v) is 2.88. The van der Waals surface area contributed by atoms with Crippen LogP contribution in [0.15, 0.2) is 47.4 Å². The first kappa shape index (κ1) is 21.7. The van der Waals surface area contributed by atoms with Crippen molar-refractivity contribution in [2.45, 2.75) is 20.6 Å². The van der Waals surface area contributed by atoms with Crippen molar-refractivity contribution < 1.29 is 19.3 Å². The molecular weight excluding hydrogens is 432 g/mol. The van der Waals surface area contributed by atoms with Crippen LogP contribution in [0.2, 0.25) is 5.02 Å². The number of rotatable bonds is 7. The second-order valence-corrected chi connectivity index (χ2v) is 6.79. The number of nitro benzene ring substituents is 2. The van der Waals surface area contributed by atoms with Crippen molar-refractivity contribution in [3.8, 4) is 17.2 Å². The Labute approximate surface area is 179 Å². The molecule has 0 fully saturated rings. The molecule has 1 aromatic heterocycles. The van der Waals surface area contributed by atoms with Crippen LogP contribution in [0, 0.1) is 34.1 Å². The minimum Gasteiger partial charge on any atom is -0.471 e. The number of nitrogens with zero attached hydrogens (tertiary/aromatic N) is 4. The maximum Gasteiger partial charge on any atom is 0.292 e. The molecule has 0 atom stereocenters. The molecule has 0 spiro atoms. The van der Waals surface area contributed by atoms with E-state index >= 15 is 0 Å². The summed E-state index contributed by atoms with van der Waals surface area (Å²) < 4.78 is 12.0. The molecule has 0 radical (unpaired) electrons. The Morgan fingerprint density at radius 2 is 1.55 bits per heavy atom. The van der Waals surface area contributed by atoms with Gasteiger partial charge < -0.3 is 9.47 Å². The van der Waals surface area contributed by atoms with E-state index in [0.29, 0.717) is 16.9 Å². The third-order valence-electron chi connectivity index (χ3n) is 4.26. The zero-order valence-corrected chi connectivity index (χ0v) is 17.0. The Morgan fingerprint density at radius 3 is 2.10 bits per heavy atom. The van der Waals surface area contributed by atoms with Gasteiger partial charge in [0.1, 0.15) is 11.5 Å². The SMILES string of the molecule is Cc1cc(OCn2ncc(Oc3ccc([N+](=O)[O-])c(C)c3)c(Cl)c2=O)ccc1[N+](=O)[O-]. The summed E-state index contributed by atoms with van der Waals surface area (Å²) in [4.78, 5) is 33.2. The van der Waals surface area contributed by atoms with Crippen LogP contribution in [0.5, 0.6) is 17.2 Å². The molecule has 2 aromatic carbocycles. The van der Waals surface area contributed by atoms with E-state index in [0.717, 1.165) is 4.68 Å². The van der Waals surface area contributed by atoms with Crippen molar-refractivity contribution in [2.75, 3.05) is 0 Å². The van der Waals surface area contributed by atoms with E-state index in [9.17, 15) is 25.0 Å². The minimum absolute atomic E-state index is 0.0256. The van der Waals surface area contributed by atoms with E-state index in [2.05, 4.69) is 5.10 Å². The molecule has 3 rings (SSSR count). The maximum absolute atomic E-state index is 12.5. The number of nitro groups is 2. The molecule has 0 saturated heterocycles. The Bertz CT molecular complexity index is 1240. The molecule has 0 aliphatic rings. The van der Waals surface area contributed by atoms with Gasteiger partial charge in [0.2, 0.25) is 0 Å². The molecule has 12 heteroatoms. The third kappa shape index (κ3) is 4.78.